The molecule has 1 saturated heterocycles. The molecule has 2 aliphatic heterocycles. The van der Waals surface area contributed by atoms with Crippen LogP contribution in [0.1, 0.15) is 30.1 Å². The maximum Gasteiger partial charge on any atom is 0.134 e. The van der Waals surface area contributed by atoms with E-state index in [9.17, 15) is 5.11 Å². The highest BCUT2D eigenvalue weighted by Gasteiger charge is 2.53. The third-order valence-corrected chi connectivity index (χ3v) is 6.13. The molecule has 1 N–H and O–H groups in total. The van der Waals surface area contributed by atoms with E-state index in [-0.39, 0.29) is 0 Å². The summed E-state index contributed by atoms with van der Waals surface area (Å²) in [6.45, 7) is 1.32. The van der Waals surface area contributed by atoms with Crippen molar-refractivity contribution in [1.82, 2.24) is 4.90 Å². The predicted octanol–water partition coefficient (Wildman–Crippen LogP) is 2.54. The van der Waals surface area contributed by atoms with E-state index in [0.717, 1.165) is 30.7 Å². The lowest BCUT2D eigenvalue weighted by Gasteiger charge is -2.36. The Morgan fingerprint density at radius 3 is 3.09 bits per heavy atom. The number of ether oxygens (including phenoxy) is 1. The Hall–Kier alpha value is -1.52. The lowest BCUT2D eigenvalue weighted by Crippen LogP contribution is -2.45. The molecule has 22 heavy (non-hydrogen) atoms. The molecule has 2 bridgehead atoms. The van der Waals surface area contributed by atoms with Crippen molar-refractivity contribution in [3.8, 4) is 5.75 Å². The summed E-state index contributed by atoms with van der Waals surface area (Å²) in [7, 11) is 1.71. The van der Waals surface area contributed by atoms with Gasteiger partial charge in [0.2, 0.25) is 0 Å². The molecule has 3 aliphatic rings. The molecule has 1 saturated carbocycles. The van der Waals surface area contributed by atoms with E-state index in [1.807, 2.05) is 12.1 Å². The summed E-state index contributed by atoms with van der Waals surface area (Å²) in [6, 6.07) is 7.04. The van der Waals surface area contributed by atoms with Gasteiger partial charge in [-0.1, -0.05) is 0 Å². The number of fused-ring (bicyclic) bond motifs is 5. The summed E-state index contributed by atoms with van der Waals surface area (Å²) >= 11 is 0. The zero-order chi connectivity index (χ0) is 14.8. The van der Waals surface area contributed by atoms with Crippen molar-refractivity contribution < 1.29 is 14.3 Å². The first-order valence-corrected chi connectivity index (χ1v) is 8.26. The Bertz CT molecular complexity index is 737. The number of nitrogens with zero attached hydrogens (tertiary/aromatic N) is 1. The molecular weight excluding hydrogens is 278 g/mol. The SMILES string of the molecule is COc1ccc2oc3c(c2c1)CCN1C(CO)[C@H]2CC1[C@H]3C2. The third kappa shape index (κ3) is 1.54. The Kier molecular flexibility index (Phi) is 2.65. The number of piperidine rings is 1. The van der Waals surface area contributed by atoms with E-state index in [0.29, 0.717) is 30.5 Å². The second-order valence-electron chi connectivity index (χ2n) is 6.95. The molecule has 1 aromatic carbocycles. The van der Waals surface area contributed by atoms with Crippen molar-refractivity contribution in [1.29, 1.82) is 0 Å². The van der Waals surface area contributed by atoms with E-state index in [1.165, 1.54) is 23.1 Å². The van der Waals surface area contributed by atoms with Gasteiger partial charge in [-0.2, -0.15) is 0 Å². The molecule has 0 spiro atoms. The fraction of sp³-hybridized carbons (Fsp3) is 0.556. The normalized spacial score (nSPS) is 33.2. The van der Waals surface area contributed by atoms with Crippen LogP contribution < -0.4 is 4.74 Å². The summed E-state index contributed by atoms with van der Waals surface area (Å²) in [6.07, 6.45) is 3.39. The number of methoxy groups -OCH3 is 1. The van der Waals surface area contributed by atoms with Gasteiger partial charge in [-0.3, -0.25) is 4.90 Å². The van der Waals surface area contributed by atoms with Crippen molar-refractivity contribution in [2.24, 2.45) is 5.92 Å². The second-order valence-corrected chi connectivity index (χ2v) is 6.95. The maximum absolute atomic E-state index is 9.72. The zero-order valence-electron chi connectivity index (χ0n) is 12.8. The minimum Gasteiger partial charge on any atom is -0.497 e. The number of hydrogen-bond acceptors (Lipinski definition) is 4. The Labute approximate surface area is 129 Å². The average Bonchev–Trinajstić information content (AvgIpc) is 3.20. The van der Waals surface area contributed by atoms with Gasteiger partial charge in [0.1, 0.15) is 17.1 Å². The number of rotatable bonds is 2. The van der Waals surface area contributed by atoms with Crippen LogP contribution in [0.15, 0.2) is 22.6 Å². The highest BCUT2D eigenvalue weighted by Crippen LogP contribution is 2.53. The summed E-state index contributed by atoms with van der Waals surface area (Å²) in [4.78, 5) is 2.54. The van der Waals surface area contributed by atoms with E-state index in [1.54, 1.807) is 7.11 Å². The molecule has 116 valence electrons. The van der Waals surface area contributed by atoms with Crippen molar-refractivity contribution in [3.63, 3.8) is 0 Å². The maximum atomic E-state index is 9.72. The van der Waals surface area contributed by atoms with E-state index >= 15 is 0 Å². The van der Waals surface area contributed by atoms with Crippen LogP contribution in [0.25, 0.3) is 11.0 Å². The molecule has 4 atom stereocenters. The topological polar surface area (TPSA) is 45.8 Å². The molecule has 0 radical (unpaired) electrons. The number of hydrogen-bond donors (Lipinski definition) is 1. The first-order chi connectivity index (χ1) is 10.8. The van der Waals surface area contributed by atoms with Crippen LogP contribution in [0.2, 0.25) is 0 Å². The first kappa shape index (κ1) is 13.0. The number of aliphatic hydroxyl groups is 1. The van der Waals surface area contributed by atoms with Crippen molar-refractivity contribution in [2.75, 3.05) is 20.3 Å². The molecule has 1 aliphatic carbocycles. The van der Waals surface area contributed by atoms with Gasteiger partial charge >= 0.3 is 0 Å². The number of furan rings is 1. The highest BCUT2D eigenvalue weighted by atomic mass is 16.5. The summed E-state index contributed by atoms with van der Waals surface area (Å²) in [5.41, 5.74) is 2.35. The van der Waals surface area contributed by atoms with Crippen LogP contribution >= 0.6 is 0 Å². The number of aliphatic hydroxyl groups excluding tert-OH is 1. The Morgan fingerprint density at radius 1 is 1.36 bits per heavy atom. The molecule has 4 heteroatoms. The van der Waals surface area contributed by atoms with Gasteiger partial charge in [-0.05, 0) is 43.4 Å². The van der Waals surface area contributed by atoms with Gasteiger partial charge < -0.3 is 14.3 Å². The monoisotopic (exact) mass is 299 g/mol. The minimum atomic E-state index is 0.295. The summed E-state index contributed by atoms with van der Waals surface area (Å²) in [5.74, 6) is 3.23. The number of benzene rings is 1. The average molecular weight is 299 g/mol. The predicted molar refractivity (Wildman–Crippen MR) is 83.3 cm³/mol. The highest BCUT2D eigenvalue weighted by molar-refractivity contribution is 5.84. The smallest absolute Gasteiger partial charge is 0.134 e. The van der Waals surface area contributed by atoms with Gasteiger partial charge in [0.05, 0.1) is 13.7 Å². The molecule has 1 aromatic heterocycles. The summed E-state index contributed by atoms with van der Waals surface area (Å²) in [5, 5.41) is 10.9. The standard InChI is InChI=1S/C18H21NO3/c1-21-11-2-3-17-13(8-11)12-4-5-19-15-7-10(16(19)9-20)6-14(15)18(12)22-17/h2-3,8,10,14-16,20H,4-7,9H2,1H3/t10-,14-,15?,16?/m1/s1. The van der Waals surface area contributed by atoms with Gasteiger partial charge in [-0.15, -0.1) is 0 Å². The fourth-order valence-electron chi connectivity index (χ4n) is 5.19. The molecule has 4 nitrogen and oxygen atoms in total. The van der Waals surface area contributed by atoms with Crippen LogP contribution in [0.5, 0.6) is 5.75 Å². The van der Waals surface area contributed by atoms with Gasteiger partial charge in [0.15, 0.2) is 0 Å². The second kappa shape index (κ2) is 4.49. The summed E-state index contributed by atoms with van der Waals surface area (Å²) < 4.78 is 11.7. The largest absolute Gasteiger partial charge is 0.497 e. The fourth-order valence-corrected chi connectivity index (χ4v) is 5.19. The Morgan fingerprint density at radius 2 is 2.27 bits per heavy atom. The Balaban J connectivity index is 1.64. The van der Waals surface area contributed by atoms with Gasteiger partial charge in [-0.25, -0.2) is 0 Å². The lowest BCUT2D eigenvalue weighted by atomic mass is 9.91. The van der Waals surface area contributed by atoms with Crippen molar-refractivity contribution in [2.45, 2.75) is 37.3 Å². The zero-order valence-corrected chi connectivity index (χ0v) is 12.8. The quantitative estimate of drug-likeness (QED) is 0.925. The van der Waals surface area contributed by atoms with E-state index < -0.39 is 0 Å². The molecule has 2 fully saturated rings. The molecule has 0 amide bonds. The van der Waals surface area contributed by atoms with Gasteiger partial charge in [0.25, 0.3) is 0 Å². The third-order valence-electron chi connectivity index (χ3n) is 6.13. The molecule has 5 rings (SSSR count). The van der Waals surface area contributed by atoms with E-state index in [4.69, 9.17) is 9.15 Å². The molecule has 2 unspecified atom stereocenters. The van der Waals surface area contributed by atoms with E-state index in [2.05, 4.69) is 11.0 Å². The van der Waals surface area contributed by atoms with Crippen LogP contribution in [-0.4, -0.2) is 42.4 Å². The van der Waals surface area contributed by atoms with Crippen molar-refractivity contribution >= 4 is 11.0 Å². The molecule has 3 heterocycles. The molecule has 2 aromatic rings. The lowest BCUT2D eigenvalue weighted by molar-refractivity contribution is 0.0757. The molecular formula is C18H21NO3. The van der Waals surface area contributed by atoms with Crippen LogP contribution in [0.4, 0.5) is 0 Å². The van der Waals surface area contributed by atoms with Crippen LogP contribution in [0, 0.1) is 5.92 Å². The van der Waals surface area contributed by atoms with Gasteiger partial charge in [0, 0.05) is 35.5 Å². The van der Waals surface area contributed by atoms with Crippen LogP contribution in [0.3, 0.4) is 0 Å². The van der Waals surface area contributed by atoms with Crippen molar-refractivity contribution in [3.05, 3.63) is 29.5 Å². The van der Waals surface area contributed by atoms with Crippen LogP contribution in [-0.2, 0) is 6.42 Å². The minimum absolute atomic E-state index is 0.295. The first-order valence-electron chi connectivity index (χ1n) is 8.26.